The van der Waals surface area contributed by atoms with Crippen LogP contribution < -0.4 is 0 Å². The number of nitrogens with zero attached hydrogens (tertiary/aromatic N) is 1. The molecular formula is C23H17NO3S. The first kappa shape index (κ1) is 17.9. The summed E-state index contributed by atoms with van der Waals surface area (Å²) in [5.41, 5.74) is 2.89. The van der Waals surface area contributed by atoms with Crippen LogP contribution in [0, 0.1) is 0 Å². The van der Waals surface area contributed by atoms with Crippen molar-refractivity contribution in [3.05, 3.63) is 103 Å². The van der Waals surface area contributed by atoms with Crippen LogP contribution in [-0.4, -0.2) is 18.7 Å². The summed E-state index contributed by atoms with van der Waals surface area (Å²) in [7, 11) is -3.88. The Kier molecular flexibility index (Phi) is 4.67. The van der Waals surface area contributed by atoms with Gasteiger partial charge in [0.1, 0.15) is 0 Å². The van der Waals surface area contributed by atoms with Crippen LogP contribution in [0.4, 0.5) is 0 Å². The highest BCUT2D eigenvalue weighted by atomic mass is 32.2. The van der Waals surface area contributed by atoms with E-state index < -0.39 is 10.0 Å². The molecule has 0 atom stereocenters. The zero-order valence-corrected chi connectivity index (χ0v) is 15.7. The van der Waals surface area contributed by atoms with Crippen LogP contribution in [0.1, 0.15) is 10.4 Å². The number of hydrogen-bond donors (Lipinski definition) is 0. The topological polar surface area (TPSA) is 56.1 Å². The molecule has 0 aliphatic rings. The molecule has 0 aliphatic carbocycles. The summed E-state index contributed by atoms with van der Waals surface area (Å²) in [5.74, 6) is 0. The number of aldehydes is 1. The van der Waals surface area contributed by atoms with E-state index in [4.69, 9.17) is 0 Å². The highest BCUT2D eigenvalue weighted by Gasteiger charge is 2.26. The minimum Gasteiger partial charge on any atom is -0.298 e. The predicted octanol–water partition coefficient (Wildman–Crippen LogP) is 4.87. The molecule has 0 amide bonds. The summed E-state index contributed by atoms with van der Waals surface area (Å²) < 4.78 is 28.0. The maximum atomic E-state index is 13.4. The Morgan fingerprint density at radius 3 is 1.71 bits per heavy atom. The maximum absolute atomic E-state index is 13.4. The largest absolute Gasteiger partial charge is 0.298 e. The van der Waals surface area contributed by atoms with Crippen molar-refractivity contribution in [2.45, 2.75) is 4.90 Å². The highest BCUT2D eigenvalue weighted by Crippen LogP contribution is 2.38. The lowest BCUT2D eigenvalue weighted by Gasteiger charge is -2.13. The van der Waals surface area contributed by atoms with Crippen LogP contribution in [0.5, 0.6) is 0 Å². The van der Waals surface area contributed by atoms with Crippen molar-refractivity contribution in [1.29, 1.82) is 0 Å². The van der Waals surface area contributed by atoms with E-state index in [9.17, 15) is 13.2 Å². The lowest BCUT2D eigenvalue weighted by molar-refractivity contribution is 0.112. The third-order valence-corrected chi connectivity index (χ3v) is 6.21. The third kappa shape index (κ3) is 3.06. The second-order valence-corrected chi connectivity index (χ2v) is 8.09. The molecule has 0 radical (unpaired) electrons. The molecule has 5 heteroatoms. The number of hydrogen-bond acceptors (Lipinski definition) is 3. The first-order chi connectivity index (χ1) is 13.6. The van der Waals surface area contributed by atoms with Crippen molar-refractivity contribution in [1.82, 2.24) is 3.97 Å². The van der Waals surface area contributed by atoms with Crippen molar-refractivity contribution in [3.63, 3.8) is 0 Å². The normalized spacial score (nSPS) is 11.3. The fraction of sp³-hybridized carbons (Fsp3) is 0. The molecule has 28 heavy (non-hydrogen) atoms. The van der Waals surface area contributed by atoms with Crippen LogP contribution in [0.15, 0.2) is 102 Å². The van der Waals surface area contributed by atoms with E-state index >= 15 is 0 Å². The van der Waals surface area contributed by atoms with Gasteiger partial charge in [-0.2, -0.15) is 0 Å². The second-order valence-electron chi connectivity index (χ2n) is 6.27. The van der Waals surface area contributed by atoms with Gasteiger partial charge in [-0.05, 0) is 23.3 Å². The van der Waals surface area contributed by atoms with Crippen LogP contribution in [0.3, 0.4) is 0 Å². The van der Waals surface area contributed by atoms with E-state index in [1.54, 1.807) is 30.3 Å². The van der Waals surface area contributed by atoms with Gasteiger partial charge in [0.05, 0.1) is 10.6 Å². The molecule has 1 heterocycles. The lowest BCUT2D eigenvalue weighted by atomic mass is 9.98. The number of carbonyl (C=O) groups is 1. The standard InChI is InChI=1S/C23H17NO3S/c25-17-20-16-24(28(26,27)21-14-8-3-9-15-21)23(19-12-6-2-7-13-19)22(20)18-10-4-1-5-11-18/h1-17H. The van der Waals surface area contributed by atoms with E-state index in [-0.39, 0.29) is 4.90 Å². The zero-order valence-electron chi connectivity index (χ0n) is 14.9. The fourth-order valence-corrected chi connectivity index (χ4v) is 4.68. The Hall–Kier alpha value is -3.44. The van der Waals surface area contributed by atoms with Crippen molar-refractivity contribution in [2.24, 2.45) is 0 Å². The van der Waals surface area contributed by atoms with E-state index in [0.29, 0.717) is 28.7 Å². The van der Waals surface area contributed by atoms with Gasteiger partial charge in [0.25, 0.3) is 10.0 Å². The summed E-state index contributed by atoms with van der Waals surface area (Å²) in [6.45, 7) is 0. The fourth-order valence-electron chi connectivity index (χ4n) is 3.26. The Labute approximate surface area is 163 Å². The summed E-state index contributed by atoms with van der Waals surface area (Å²) in [5, 5.41) is 0. The minimum atomic E-state index is -3.88. The van der Waals surface area contributed by atoms with Crippen LogP contribution in [0.25, 0.3) is 22.4 Å². The molecule has 0 saturated heterocycles. The number of aromatic nitrogens is 1. The Morgan fingerprint density at radius 1 is 0.679 bits per heavy atom. The maximum Gasteiger partial charge on any atom is 0.268 e. The first-order valence-corrected chi connectivity index (χ1v) is 10.2. The van der Waals surface area contributed by atoms with Gasteiger partial charge >= 0.3 is 0 Å². The van der Waals surface area contributed by atoms with Gasteiger partial charge in [-0.15, -0.1) is 0 Å². The van der Waals surface area contributed by atoms with Crippen molar-refractivity contribution in [3.8, 4) is 22.4 Å². The molecule has 4 rings (SSSR count). The van der Waals surface area contributed by atoms with Crippen molar-refractivity contribution >= 4 is 16.3 Å². The van der Waals surface area contributed by atoms with E-state index in [1.807, 2.05) is 60.7 Å². The summed E-state index contributed by atoms with van der Waals surface area (Å²) >= 11 is 0. The van der Waals surface area contributed by atoms with Gasteiger partial charge < -0.3 is 0 Å². The molecule has 0 bridgehead atoms. The Morgan fingerprint density at radius 2 is 1.18 bits per heavy atom. The van der Waals surface area contributed by atoms with E-state index in [2.05, 4.69) is 0 Å². The third-order valence-electron chi connectivity index (χ3n) is 4.54. The second kappa shape index (κ2) is 7.29. The molecule has 4 aromatic rings. The van der Waals surface area contributed by atoms with Crippen LogP contribution in [0.2, 0.25) is 0 Å². The van der Waals surface area contributed by atoms with Gasteiger partial charge in [-0.25, -0.2) is 12.4 Å². The lowest BCUT2D eigenvalue weighted by Crippen LogP contribution is -2.13. The molecule has 0 N–H and O–H groups in total. The van der Waals surface area contributed by atoms with Crippen LogP contribution in [-0.2, 0) is 10.0 Å². The summed E-state index contributed by atoms with van der Waals surface area (Å²) in [6, 6.07) is 26.8. The van der Waals surface area contributed by atoms with Crippen molar-refractivity contribution < 1.29 is 13.2 Å². The molecule has 4 nitrogen and oxygen atoms in total. The first-order valence-electron chi connectivity index (χ1n) is 8.75. The van der Waals surface area contributed by atoms with E-state index in [0.717, 1.165) is 5.56 Å². The van der Waals surface area contributed by atoms with Gasteiger partial charge in [-0.1, -0.05) is 78.9 Å². The molecular weight excluding hydrogens is 370 g/mol. The number of benzene rings is 3. The van der Waals surface area contributed by atoms with E-state index in [1.165, 1.54) is 10.2 Å². The molecule has 0 unspecified atom stereocenters. The molecule has 138 valence electrons. The SMILES string of the molecule is O=Cc1cn(S(=O)(=O)c2ccccc2)c(-c2ccccc2)c1-c1ccccc1. The number of rotatable bonds is 5. The molecule has 0 spiro atoms. The summed E-state index contributed by atoms with van der Waals surface area (Å²) in [6.07, 6.45) is 2.10. The molecule has 1 aromatic heterocycles. The Balaban J connectivity index is 2.08. The molecule has 0 saturated carbocycles. The Bertz CT molecular complexity index is 1210. The average molecular weight is 387 g/mol. The monoisotopic (exact) mass is 387 g/mol. The van der Waals surface area contributed by atoms with Crippen molar-refractivity contribution in [2.75, 3.05) is 0 Å². The molecule has 0 fully saturated rings. The number of carbonyl (C=O) groups excluding carboxylic acids is 1. The smallest absolute Gasteiger partial charge is 0.268 e. The highest BCUT2D eigenvalue weighted by molar-refractivity contribution is 7.90. The van der Waals surface area contributed by atoms with Gasteiger partial charge in [0, 0.05) is 17.3 Å². The summed E-state index contributed by atoms with van der Waals surface area (Å²) in [4.78, 5) is 12.0. The van der Waals surface area contributed by atoms with Gasteiger partial charge in [0.2, 0.25) is 0 Å². The zero-order chi connectivity index (χ0) is 19.6. The van der Waals surface area contributed by atoms with Gasteiger partial charge in [0.15, 0.2) is 6.29 Å². The van der Waals surface area contributed by atoms with Gasteiger partial charge in [-0.3, -0.25) is 4.79 Å². The minimum absolute atomic E-state index is 0.166. The van der Waals surface area contributed by atoms with Crippen LogP contribution >= 0.6 is 0 Å². The molecule has 0 aliphatic heterocycles. The quantitative estimate of drug-likeness (QED) is 0.459. The molecule has 3 aromatic carbocycles. The predicted molar refractivity (Wildman–Crippen MR) is 110 cm³/mol. The average Bonchev–Trinajstić information content (AvgIpc) is 3.16.